The number of likely N-dealkylation sites (tertiary alicyclic amines) is 1. The molecule has 2 N–H and O–H groups in total. The number of carbonyl (C=O) groups excluding carboxylic acids is 2. The molecule has 0 spiro atoms. The largest absolute Gasteiger partial charge is 0.468 e. The smallest absolute Gasteiger partial charge is 0.407 e. The van der Waals surface area contributed by atoms with Crippen molar-refractivity contribution in [2.45, 2.75) is 38.1 Å². The van der Waals surface area contributed by atoms with Crippen LogP contribution in [0.1, 0.15) is 42.6 Å². The number of rotatable bonds is 4. The zero-order chi connectivity index (χ0) is 18.6. The van der Waals surface area contributed by atoms with Gasteiger partial charge >= 0.3 is 12.1 Å². The molecular formula is C18H24N2O5. The van der Waals surface area contributed by atoms with Crippen molar-refractivity contribution < 1.29 is 24.2 Å². The minimum atomic E-state index is -0.923. The van der Waals surface area contributed by atoms with E-state index in [0.29, 0.717) is 31.5 Å². The van der Waals surface area contributed by atoms with Crippen LogP contribution in [0.5, 0.6) is 0 Å². The molecule has 0 radical (unpaired) electrons. The number of ether oxygens (including phenoxy) is 1. The molecule has 7 nitrogen and oxygen atoms in total. The van der Waals surface area contributed by atoms with Gasteiger partial charge in [0.2, 0.25) is 0 Å². The molecule has 1 aromatic carbocycles. The summed E-state index contributed by atoms with van der Waals surface area (Å²) in [5.74, 6) is -0.536. The number of esters is 1. The highest BCUT2D eigenvalue weighted by Gasteiger charge is 2.31. The molecule has 1 aromatic rings. The number of nitrogens with one attached hydrogen (secondary N) is 1. The lowest BCUT2D eigenvalue weighted by molar-refractivity contribution is -0.146. The number of piperidine rings is 1. The first-order chi connectivity index (χ1) is 11.8. The van der Waals surface area contributed by atoms with Gasteiger partial charge in [-0.25, -0.2) is 4.79 Å². The van der Waals surface area contributed by atoms with E-state index in [9.17, 15) is 14.4 Å². The molecule has 0 aromatic heterocycles. The topological polar surface area (TPSA) is 95.9 Å². The van der Waals surface area contributed by atoms with Crippen LogP contribution in [0.3, 0.4) is 0 Å². The van der Waals surface area contributed by atoms with E-state index >= 15 is 0 Å². The van der Waals surface area contributed by atoms with Crippen LogP contribution in [0.2, 0.25) is 0 Å². The Morgan fingerprint density at radius 1 is 1.16 bits per heavy atom. The summed E-state index contributed by atoms with van der Waals surface area (Å²) in [5, 5.41) is 11.9. The first kappa shape index (κ1) is 18.8. The van der Waals surface area contributed by atoms with Gasteiger partial charge in [0.15, 0.2) is 0 Å². The van der Waals surface area contributed by atoms with E-state index < -0.39 is 11.5 Å². The zero-order valence-corrected chi connectivity index (χ0v) is 14.7. The SMILES string of the molecule is COC(=O)C(C)(C)c1ccc(C(=O)NC2CCN(C(=O)O)CC2)cc1. The van der Waals surface area contributed by atoms with Crippen LogP contribution in [0, 0.1) is 0 Å². The second-order valence-electron chi connectivity index (χ2n) is 6.71. The average Bonchev–Trinajstić information content (AvgIpc) is 2.61. The van der Waals surface area contributed by atoms with Crippen LogP contribution < -0.4 is 5.32 Å². The predicted octanol–water partition coefficient (Wildman–Crippen LogP) is 2.01. The maximum absolute atomic E-state index is 12.3. The van der Waals surface area contributed by atoms with E-state index in [4.69, 9.17) is 9.84 Å². The van der Waals surface area contributed by atoms with Crippen LogP contribution in [-0.4, -0.2) is 54.2 Å². The molecule has 0 aliphatic carbocycles. The number of nitrogens with zero attached hydrogens (tertiary/aromatic N) is 1. The van der Waals surface area contributed by atoms with Crippen LogP contribution in [0.25, 0.3) is 0 Å². The van der Waals surface area contributed by atoms with Crippen LogP contribution >= 0.6 is 0 Å². The molecule has 0 atom stereocenters. The highest BCUT2D eigenvalue weighted by molar-refractivity contribution is 5.94. The van der Waals surface area contributed by atoms with E-state index in [-0.39, 0.29) is 17.9 Å². The van der Waals surface area contributed by atoms with Gasteiger partial charge in [-0.1, -0.05) is 12.1 Å². The van der Waals surface area contributed by atoms with E-state index in [0.717, 1.165) is 5.56 Å². The molecular weight excluding hydrogens is 324 g/mol. The summed E-state index contributed by atoms with van der Waals surface area (Å²) in [7, 11) is 1.35. The van der Waals surface area contributed by atoms with Gasteiger partial charge in [-0.2, -0.15) is 0 Å². The van der Waals surface area contributed by atoms with E-state index in [1.165, 1.54) is 12.0 Å². The monoisotopic (exact) mass is 348 g/mol. The minimum Gasteiger partial charge on any atom is -0.468 e. The number of carboxylic acid groups (broad SMARTS) is 1. The van der Waals surface area contributed by atoms with Crippen LogP contribution in [0.4, 0.5) is 4.79 Å². The summed E-state index contributed by atoms with van der Waals surface area (Å²) < 4.78 is 4.81. The normalized spacial score (nSPS) is 15.6. The molecule has 1 heterocycles. The molecule has 1 fully saturated rings. The quantitative estimate of drug-likeness (QED) is 0.812. The molecule has 7 heteroatoms. The van der Waals surface area contributed by atoms with Gasteiger partial charge in [0, 0.05) is 24.7 Å². The fraction of sp³-hybridized carbons (Fsp3) is 0.500. The lowest BCUT2D eigenvalue weighted by atomic mass is 9.84. The summed E-state index contributed by atoms with van der Waals surface area (Å²) in [6.07, 6.45) is 0.283. The van der Waals surface area contributed by atoms with Crippen molar-refractivity contribution in [1.82, 2.24) is 10.2 Å². The van der Waals surface area contributed by atoms with E-state index in [2.05, 4.69) is 5.32 Å². The Morgan fingerprint density at radius 2 is 1.72 bits per heavy atom. The highest BCUT2D eigenvalue weighted by Crippen LogP contribution is 2.25. The molecule has 136 valence electrons. The molecule has 2 rings (SSSR count). The number of hydrogen-bond donors (Lipinski definition) is 2. The molecule has 1 aliphatic heterocycles. The van der Waals surface area contributed by atoms with Crippen molar-refractivity contribution in [3.8, 4) is 0 Å². The van der Waals surface area contributed by atoms with Gasteiger partial charge in [-0.05, 0) is 44.4 Å². The summed E-state index contributed by atoms with van der Waals surface area (Å²) in [4.78, 5) is 36.4. The fourth-order valence-electron chi connectivity index (χ4n) is 2.90. The zero-order valence-electron chi connectivity index (χ0n) is 14.7. The summed E-state index contributed by atoms with van der Waals surface area (Å²) in [5.41, 5.74) is 0.490. The third-order valence-corrected chi connectivity index (χ3v) is 4.67. The first-order valence-corrected chi connectivity index (χ1v) is 8.23. The summed E-state index contributed by atoms with van der Waals surface area (Å²) >= 11 is 0. The summed E-state index contributed by atoms with van der Waals surface area (Å²) in [6, 6.07) is 6.83. The molecule has 1 aliphatic rings. The molecule has 0 saturated carbocycles. The van der Waals surface area contributed by atoms with Crippen molar-refractivity contribution >= 4 is 18.0 Å². The predicted molar refractivity (Wildman–Crippen MR) is 91.6 cm³/mol. The maximum Gasteiger partial charge on any atom is 0.407 e. The number of hydrogen-bond acceptors (Lipinski definition) is 4. The second-order valence-corrected chi connectivity index (χ2v) is 6.71. The third kappa shape index (κ3) is 4.29. The standard InChI is InChI=1S/C18H24N2O5/c1-18(2,16(22)25-3)13-6-4-12(5-7-13)15(21)19-14-8-10-20(11-9-14)17(23)24/h4-7,14H,8-11H2,1-3H3,(H,19,21)(H,23,24). The van der Waals surface area contributed by atoms with Gasteiger partial charge in [0.05, 0.1) is 12.5 Å². The third-order valence-electron chi connectivity index (χ3n) is 4.67. The number of benzene rings is 1. The molecule has 25 heavy (non-hydrogen) atoms. The Labute approximate surface area is 147 Å². The lowest BCUT2D eigenvalue weighted by Gasteiger charge is -2.30. The first-order valence-electron chi connectivity index (χ1n) is 8.23. The molecule has 0 bridgehead atoms. The molecule has 2 amide bonds. The van der Waals surface area contributed by atoms with Gasteiger partial charge < -0.3 is 20.1 Å². The van der Waals surface area contributed by atoms with Gasteiger partial charge in [0.25, 0.3) is 5.91 Å². The fourth-order valence-corrected chi connectivity index (χ4v) is 2.90. The van der Waals surface area contributed by atoms with Gasteiger partial charge in [-0.15, -0.1) is 0 Å². The van der Waals surface area contributed by atoms with Crippen molar-refractivity contribution in [2.24, 2.45) is 0 Å². The average molecular weight is 348 g/mol. The Morgan fingerprint density at radius 3 is 2.20 bits per heavy atom. The Kier molecular flexibility index (Phi) is 5.66. The van der Waals surface area contributed by atoms with Crippen molar-refractivity contribution in [3.05, 3.63) is 35.4 Å². The number of methoxy groups -OCH3 is 1. The van der Waals surface area contributed by atoms with Crippen LogP contribution in [0.15, 0.2) is 24.3 Å². The number of carbonyl (C=O) groups is 3. The number of amides is 2. The minimum absolute atomic E-state index is 0.0331. The molecule has 1 saturated heterocycles. The van der Waals surface area contributed by atoms with Gasteiger partial charge in [-0.3, -0.25) is 9.59 Å². The van der Waals surface area contributed by atoms with Crippen molar-refractivity contribution in [2.75, 3.05) is 20.2 Å². The van der Waals surface area contributed by atoms with Crippen LogP contribution in [-0.2, 0) is 14.9 Å². The van der Waals surface area contributed by atoms with Crippen molar-refractivity contribution in [1.29, 1.82) is 0 Å². The maximum atomic E-state index is 12.3. The second kappa shape index (κ2) is 7.55. The lowest BCUT2D eigenvalue weighted by Crippen LogP contribution is -2.46. The molecule has 0 unspecified atom stereocenters. The van der Waals surface area contributed by atoms with E-state index in [1.54, 1.807) is 38.1 Å². The summed E-state index contributed by atoms with van der Waals surface area (Å²) in [6.45, 7) is 4.38. The Bertz CT molecular complexity index is 646. The van der Waals surface area contributed by atoms with Crippen molar-refractivity contribution in [3.63, 3.8) is 0 Å². The Balaban J connectivity index is 1.97. The highest BCUT2D eigenvalue weighted by atomic mass is 16.5. The Hall–Kier alpha value is -2.57. The van der Waals surface area contributed by atoms with Gasteiger partial charge in [0.1, 0.15) is 0 Å². The van der Waals surface area contributed by atoms with E-state index in [1.807, 2.05) is 0 Å².